The van der Waals surface area contributed by atoms with Crippen molar-refractivity contribution in [3.63, 3.8) is 0 Å². The van der Waals surface area contributed by atoms with Crippen LogP contribution in [0.2, 0.25) is 30.2 Å². The molecule has 0 spiro atoms. The van der Waals surface area contributed by atoms with Crippen molar-refractivity contribution < 1.29 is 0 Å². The highest BCUT2D eigenvalue weighted by molar-refractivity contribution is 6.76. The van der Waals surface area contributed by atoms with Gasteiger partial charge in [0.1, 0.15) is 0 Å². The summed E-state index contributed by atoms with van der Waals surface area (Å²) in [5.41, 5.74) is 15.4. The van der Waals surface area contributed by atoms with E-state index in [1.807, 2.05) is 0 Å². The first-order chi connectivity index (χ1) is 33.3. The van der Waals surface area contributed by atoms with Gasteiger partial charge in [0.2, 0.25) is 0 Å². The lowest BCUT2D eigenvalue weighted by atomic mass is 9.80. The van der Waals surface area contributed by atoms with Crippen LogP contribution in [0.3, 0.4) is 0 Å². The quantitative estimate of drug-likeness (QED) is 0.0609. The number of hydrogen-bond donors (Lipinski definition) is 0. The monoisotopic (exact) mass is 995 g/mol. The largest absolute Gasteiger partial charge is 0.309 e. The minimum Gasteiger partial charge on any atom is -0.309 e. The molecule has 0 aliphatic carbocycles. The Balaban J connectivity index is 1.74. The van der Waals surface area contributed by atoms with E-state index in [9.17, 15) is 0 Å². The van der Waals surface area contributed by atoms with Gasteiger partial charge in [0.25, 0.3) is 0 Å². The topological polar surface area (TPSA) is 6.48 Å². The number of rotatable bonds is 14. The Labute approximate surface area is 437 Å². The van der Waals surface area contributed by atoms with Gasteiger partial charge in [0.15, 0.2) is 0 Å². The summed E-state index contributed by atoms with van der Waals surface area (Å²) in [6.45, 7) is 45.3. The zero-order chi connectivity index (χ0) is 52.0. The highest BCUT2D eigenvalue weighted by Gasteiger charge is 2.31. The molecule has 7 aromatic carbocycles. The Hall–Kier alpha value is -4.69. The zero-order valence-electron chi connectivity index (χ0n) is 47.8. The van der Waals surface area contributed by atoms with Gasteiger partial charge in [-0.1, -0.05) is 230 Å². The highest BCUT2D eigenvalue weighted by atomic mass is 28.3. The molecule has 7 rings (SSSR count). The van der Waals surface area contributed by atoms with Crippen LogP contribution in [0, 0.1) is 13.8 Å². The highest BCUT2D eigenvalue weighted by Crippen LogP contribution is 2.52. The maximum Gasteiger partial charge on any atom is 0.0703 e. The predicted molar refractivity (Wildman–Crippen MR) is 329 cm³/mol. The van der Waals surface area contributed by atoms with Gasteiger partial charge in [-0.15, -0.1) is 0 Å². The second kappa shape index (κ2) is 21.0. The fraction of sp³-hybridized carbons (Fsp3) is 0.424. The molecule has 2 nitrogen and oxygen atoms in total. The van der Waals surface area contributed by atoms with Crippen LogP contribution in [-0.4, -0.2) is 27.1 Å². The van der Waals surface area contributed by atoms with E-state index in [0.717, 1.165) is 0 Å². The molecule has 0 saturated carbocycles. The van der Waals surface area contributed by atoms with Gasteiger partial charge < -0.3 is 9.80 Å². The van der Waals surface area contributed by atoms with E-state index in [0.29, 0.717) is 0 Å². The molecule has 0 bridgehead atoms. The molecule has 0 heterocycles. The number of nitrogens with zero attached hydrogens (tertiary/aromatic N) is 2. The van der Waals surface area contributed by atoms with E-state index in [2.05, 4.69) is 257 Å². The summed E-state index contributed by atoms with van der Waals surface area (Å²) in [6.07, 6.45) is 0. The average Bonchev–Trinajstić information content (AvgIpc) is 3.29. The van der Waals surface area contributed by atoms with Crippen molar-refractivity contribution in [3.8, 4) is 0 Å². The first-order valence-corrected chi connectivity index (χ1v) is 33.6. The Morgan fingerprint density at radius 3 is 1.15 bits per heavy atom. The van der Waals surface area contributed by atoms with Crippen LogP contribution in [0.4, 0.5) is 34.1 Å². The molecule has 0 unspecified atom stereocenters. The van der Waals surface area contributed by atoms with E-state index in [4.69, 9.17) is 0 Å². The fourth-order valence-electron chi connectivity index (χ4n) is 10.9. The molecule has 0 aromatic heterocycles. The van der Waals surface area contributed by atoms with Gasteiger partial charge in [-0.05, 0) is 118 Å². The third-order valence-electron chi connectivity index (χ3n) is 15.4. The third kappa shape index (κ3) is 11.6. The number of hydrogen-bond acceptors (Lipinski definition) is 2. The van der Waals surface area contributed by atoms with Crippen molar-refractivity contribution >= 4 is 98.3 Å². The number of aryl methyl sites for hydroxylation is 2. The molecular formula is C66H90N2Si3. The summed E-state index contributed by atoms with van der Waals surface area (Å²) in [5.74, 6) is 0. The molecule has 0 aliphatic heterocycles. The van der Waals surface area contributed by atoms with E-state index >= 15 is 0 Å². The molecule has 0 N–H and O–H groups in total. The minimum atomic E-state index is -1.23. The molecule has 0 radical (unpaired) electrons. The molecule has 0 fully saturated rings. The van der Waals surface area contributed by atoms with Crippen molar-refractivity contribution in [1.82, 2.24) is 0 Å². The summed E-state index contributed by atoms with van der Waals surface area (Å²) in [7, 11) is -2.90. The Morgan fingerprint density at radius 2 is 0.761 bits per heavy atom. The molecule has 5 heteroatoms. The lowest BCUT2D eigenvalue weighted by Crippen LogP contribution is -2.37. The smallest absolute Gasteiger partial charge is 0.0703 e. The summed E-state index contributed by atoms with van der Waals surface area (Å²) in [6, 6.07) is 53.6. The lowest BCUT2D eigenvalue weighted by Gasteiger charge is -2.36. The summed E-state index contributed by atoms with van der Waals surface area (Å²) in [4.78, 5) is 5.42. The van der Waals surface area contributed by atoms with E-state index < -0.39 is 27.1 Å². The molecule has 0 atom stereocenters. The Kier molecular flexibility index (Phi) is 16.0. The van der Waals surface area contributed by atoms with Crippen molar-refractivity contribution in [2.75, 3.05) is 9.80 Å². The minimum absolute atomic E-state index is 0.0457. The molecule has 376 valence electrons. The van der Waals surface area contributed by atoms with Crippen molar-refractivity contribution in [2.24, 2.45) is 0 Å². The van der Waals surface area contributed by atoms with Crippen molar-refractivity contribution in [1.29, 1.82) is 0 Å². The normalized spacial score (nSPS) is 12.9. The summed E-state index contributed by atoms with van der Waals surface area (Å²) < 4.78 is 0. The van der Waals surface area contributed by atoms with Gasteiger partial charge in [-0.3, -0.25) is 0 Å². The number of anilines is 6. The zero-order valence-corrected chi connectivity index (χ0v) is 51.5. The van der Waals surface area contributed by atoms with Crippen molar-refractivity contribution in [3.05, 3.63) is 149 Å². The molecule has 71 heavy (non-hydrogen) atoms. The van der Waals surface area contributed by atoms with Crippen molar-refractivity contribution in [2.45, 2.75) is 183 Å². The Bertz CT molecular complexity index is 2920. The summed E-state index contributed by atoms with van der Waals surface area (Å²) >= 11 is 0. The third-order valence-corrected chi connectivity index (χ3v) is 23.4. The second-order valence-electron chi connectivity index (χ2n) is 25.3. The van der Waals surface area contributed by atoms with Crippen LogP contribution in [-0.2, 0) is 21.7 Å². The first-order valence-electron chi connectivity index (χ1n) is 27.4. The molecule has 7 aromatic rings. The van der Waals surface area contributed by atoms with Crippen LogP contribution < -0.4 is 25.4 Å². The molecule has 0 saturated heterocycles. The van der Waals surface area contributed by atoms with E-state index in [1.165, 1.54) is 124 Å². The SMILES string of the molecule is CC[SiH2]c1cc(C)cc(N(c2cc(C(C)(C)C)cc(C(C)(C)C)c2)c2c3ccccc3c(N(c3cc([SiH](CC)CC)cc([SiH](CC)CC)c3)c3cc(C(C)(C)C)cc(C(C)(C)C)c3)c3cc(C)ccc23)c1. The standard InChI is InChI=1S/C66H90N2Si3/c1-20-69-54-32-45(7)31-50(40-54)67(51-36-46(63(8,9)10)34-47(37-51)64(11,12)13)61-57-27-25-26-28-58(57)62(60-33-44(6)29-30-59(60)61)68(52-38-48(65(14,15)16)35-49(39-52)66(17,18)19)53-41-55(70(21-2)22-3)43-56(42-53)71(23-4)24-5/h25-43,70-71H,20-24,69H2,1-19H3. The fourth-order valence-corrected chi connectivity index (χ4v) is 17.2. The van der Waals surface area contributed by atoms with Crippen LogP contribution in [0.1, 0.15) is 151 Å². The number of fused-ring (bicyclic) bond motifs is 2. The number of benzene rings is 7. The lowest BCUT2D eigenvalue weighted by molar-refractivity contribution is 0.568. The maximum atomic E-state index is 2.75. The van der Waals surface area contributed by atoms with Gasteiger partial charge in [0.05, 0.1) is 38.5 Å². The van der Waals surface area contributed by atoms with E-state index in [1.54, 1.807) is 10.4 Å². The van der Waals surface area contributed by atoms with Gasteiger partial charge in [-0.25, -0.2) is 0 Å². The molecule has 0 amide bonds. The maximum absolute atomic E-state index is 2.75. The van der Waals surface area contributed by atoms with Crippen LogP contribution in [0.25, 0.3) is 21.5 Å². The van der Waals surface area contributed by atoms with Crippen LogP contribution in [0.5, 0.6) is 0 Å². The molecular weight excluding hydrogens is 905 g/mol. The van der Waals surface area contributed by atoms with Crippen LogP contribution in [0.15, 0.2) is 115 Å². The Morgan fingerprint density at radius 1 is 0.380 bits per heavy atom. The first kappa shape index (κ1) is 54.1. The van der Waals surface area contributed by atoms with Gasteiger partial charge in [-0.2, -0.15) is 0 Å². The predicted octanol–water partition coefficient (Wildman–Crippen LogP) is 16.9. The van der Waals surface area contributed by atoms with Gasteiger partial charge >= 0.3 is 0 Å². The second-order valence-corrected chi connectivity index (χ2v) is 35.0. The average molecular weight is 996 g/mol. The van der Waals surface area contributed by atoms with E-state index in [-0.39, 0.29) is 21.7 Å². The molecule has 0 aliphatic rings. The van der Waals surface area contributed by atoms with Crippen LogP contribution >= 0.6 is 0 Å². The van der Waals surface area contributed by atoms with Gasteiger partial charge in [0, 0.05) is 44.3 Å². The summed E-state index contributed by atoms with van der Waals surface area (Å²) in [5, 5.41) is 9.87.